The van der Waals surface area contributed by atoms with Gasteiger partial charge in [0.15, 0.2) is 11.4 Å². The zero-order chi connectivity index (χ0) is 24.6. The van der Waals surface area contributed by atoms with Crippen LogP contribution < -0.4 is 15.8 Å². The van der Waals surface area contributed by atoms with Crippen LogP contribution in [-0.2, 0) is 0 Å². The molecule has 1 fully saturated rings. The van der Waals surface area contributed by atoms with E-state index in [1.54, 1.807) is 31.2 Å². The molecule has 1 atom stereocenters. The number of aromatic carboxylic acids is 1. The first-order valence-corrected chi connectivity index (χ1v) is 10.5. The van der Waals surface area contributed by atoms with Crippen LogP contribution in [0.4, 0.5) is 24.7 Å². The summed E-state index contributed by atoms with van der Waals surface area (Å²) in [5.74, 6) is -4.79. The van der Waals surface area contributed by atoms with Gasteiger partial charge < -0.3 is 15.3 Å². The number of nitriles is 1. The number of pyridine rings is 1. The Morgan fingerprint density at radius 2 is 1.97 bits per heavy atom. The Bertz CT molecular complexity index is 1370. The molecule has 1 aliphatic heterocycles. The Hall–Kier alpha value is -4.07. The van der Waals surface area contributed by atoms with Gasteiger partial charge in [-0.1, -0.05) is 12.1 Å². The summed E-state index contributed by atoms with van der Waals surface area (Å²) in [4.78, 5) is 30.5. The number of nitrogens with zero attached hydrogens (tertiary/aromatic N) is 4. The van der Waals surface area contributed by atoms with Crippen molar-refractivity contribution in [2.45, 2.75) is 31.7 Å². The van der Waals surface area contributed by atoms with Gasteiger partial charge in [0.25, 0.3) is 11.5 Å². The van der Waals surface area contributed by atoms with E-state index in [9.17, 15) is 33.1 Å². The van der Waals surface area contributed by atoms with Crippen LogP contribution in [0, 0.1) is 17.1 Å². The number of anilines is 2. The second-order valence-corrected chi connectivity index (χ2v) is 8.09. The van der Waals surface area contributed by atoms with Crippen LogP contribution >= 0.6 is 0 Å². The first kappa shape index (κ1) is 23.1. The Labute approximate surface area is 191 Å². The molecule has 3 heterocycles. The quantitative estimate of drug-likeness (QED) is 0.582. The molecule has 0 saturated carbocycles. The molecule has 1 saturated heterocycles. The van der Waals surface area contributed by atoms with Gasteiger partial charge in [0.1, 0.15) is 17.5 Å². The Balaban J connectivity index is 1.83. The van der Waals surface area contributed by atoms with Crippen molar-refractivity contribution in [1.29, 1.82) is 5.26 Å². The second-order valence-electron chi connectivity index (χ2n) is 8.09. The number of piperidine rings is 1. The highest BCUT2D eigenvalue weighted by Gasteiger charge is 2.35. The second kappa shape index (κ2) is 8.70. The SMILES string of the molecule is CC(Nc1ccccc1C(=O)O)c1cc(F)cn2c(=O)c(C#N)c(N3CCC(F)(F)CC3)nc12. The molecule has 0 bridgehead atoms. The summed E-state index contributed by atoms with van der Waals surface area (Å²) in [7, 11) is 0. The van der Waals surface area contributed by atoms with E-state index >= 15 is 0 Å². The molecular weight excluding hydrogens is 451 g/mol. The van der Waals surface area contributed by atoms with Crippen LogP contribution in [-0.4, -0.2) is 39.5 Å². The lowest BCUT2D eigenvalue weighted by Crippen LogP contribution is -2.41. The largest absolute Gasteiger partial charge is 0.478 e. The van der Waals surface area contributed by atoms with Crippen molar-refractivity contribution >= 4 is 23.1 Å². The van der Waals surface area contributed by atoms with Gasteiger partial charge in [0.05, 0.1) is 11.6 Å². The Morgan fingerprint density at radius 3 is 2.62 bits per heavy atom. The average molecular weight is 471 g/mol. The average Bonchev–Trinajstić information content (AvgIpc) is 2.79. The molecule has 2 N–H and O–H groups in total. The van der Waals surface area contributed by atoms with E-state index in [1.807, 2.05) is 0 Å². The van der Waals surface area contributed by atoms with Crippen LogP contribution in [0.15, 0.2) is 41.3 Å². The molecule has 176 valence electrons. The molecule has 0 aliphatic carbocycles. The minimum Gasteiger partial charge on any atom is -0.478 e. The molecule has 3 aromatic rings. The highest BCUT2D eigenvalue weighted by Crippen LogP contribution is 2.32. The summed E-state index contributed by atoms with van der Waals surface area (Å²) in [5, 5.41) is 22.0. The van der Waals surface area contributed by atoms with Crippen molar-refractivity contribution in [3.05, 3.63) is 69.4 Å². The van der Waals surface area contributed by atoms with Crippen LogP contribution in [0.3, 0.4) is 0 Å². The van der Waals surface area contributed by atoms with E-state index in [4.69, 9.17) is 0 Å². The van der Waals surface area contributed by atoms with E-state index in [0.717, 1.165) is 16.7 Å². The molecule has 0 amide bonds. The number of nitrogens with one attached hydrogen (secondary N) is 1. The number of carboxylic acid groups (broad SMARTS) is 1. The van der Waals surface area contributed by atoms with Crippen molar-refractivity contribution in [3.8, 4) is 6.07 Å². The molecule has 1 aromatic carbocycles. The third kappa shape index (κ3) is 4.26. The first-order valence-electron chi connectivity index (χ1n) is 10.5. The molecule has 11 heteroatoms. The lowest BCUT2D eigenvalue weighted by Gasteiger charge is -2.33. The molecule has 4 rings (SSSR count). The van der Waals surface area contributed by atoms with E-state index < -0.39 is 42.2 Å². The van der Waals surface area contributed by atoms with Crippen molar-refractivity contribution < 1.29 is 23.1 Å². The van der Waals surface area contributed by atoms with E-state index in [-0.39, 0.29) is 46.9 Å². The molecule has 0 spiro atoms. The minimum absolute atomic E-state index is 0.00175. The number of para-hydroxylation sites is 1. The van der Waals surface area contributed by atoms with Crippen LogP contribution in [0.5, 0.6) is 0 Å². The number of benzene rings is 1. The molecule has 8 nitrogen and oxygen atoms in total. The normalized spacial score (nSPS) is 16.1. The summed E-state index contributed by atoms with van der Waals surface area (Å²) in [5.41, 5.74) is -0.646. The minimum atomic E-state index is -2.83. The van der Waals surface area contributed by atoms with Gasteiger partial charge in [-0.3, -0.25) is 9.20 Å². The molecule has 0 radical (unpaired) electrons. The van der Waals surface area contributed by atoms with Crippen molar-refractivity contribution in [1.82, 2.24) is 9.38 Å². The number of alkyl halides is 2. The first-order chi connectivity index (χ1) is 16.1. The smallest absolute Gasteiger partial charge is 0.337 e. The summed E-state index contributed by atoms with van der Waals surface area (Å²) in [6, 6.07) is 8.39. The number of aromatic nitrogens is 2. The molecule has 34 heavy (non-hydrogen) atoms. The predicted molar refractivity (Wildman–Crippen MR) is 118 cm³/mol. The van der Waals surface area contributed by atoms with Gasteiger partial charge in [-0.15, -0.1) is 0 Å². The number of carbonyl (C=O) groups is 1. The van der Waals surface area contributed by atoms with Gasteiger partial charge in [0, 0.05) is 43.4 Å². The van der Waals surface area contributed by atoms with Crippen LogP contribution in [0.25, 0.3) is 5.65 Å². The fraction of sp³-hybridized carbons (Fsp3) is 0.304. The zero-order valence-electron chi connectivity index (χ0n) is 18.1. The van der Waals surface area contributed by atoms with Gasteiger partial charge in [-0.05, 0) is 25.1 Å². The predicted octanol–water partition coefficient (Wildman–Crippen LogP) is 3.81. The number of rotatable bonds is 5. The van der Waals surface area contributed by atoms with Gasteiger partial charge >= 0.3 is 5.97 Å². The van der Waals surface area contributed by atoms with Crippen molar-refractivity contribution in [3.63, 3.8) is 0 Å². The maximum absolute atomic E-state index is 14.5. The molecule has 2 aromatic heterocycles. The van der Waals surface area contributed by atoms with E-state index in [1.165, 1.54) is 11.0 Å². The van der Waals surface area contributed by atoms with Crippen molar-refractivity contribution in [2.24, 2.45) is 0 Å². The van der Waals surface area contributed by atoms with Gasteiger partial charge in [0.2, 0.25) is 0 Å². The maximum Gasteiger partial charge on any atom is 0.337 e. The Kier molecular flexibility index (Phi) is 5.91. The van der Waals surface area contributed by atoms with Gasteiger partial charge in [-0.2, -0.15) is 5.26 Å². The molecule has 1 unspecified atom stereocenters. The third-order valence-corrected chi connectivity index (χ3v) is 5.80. The topological polar surface area (TPSA) is 111 Å². The maximum atomic E-state index is 14.5. The monoisotopic (exact) mass is 471 g/mol. The van der Waals surface area contributed by atoms with Crippen LogP contribution in [0.1, 0.15) is 47.3 Å². The highest BCUT2D eigenvalue weighted by molar-refractivity contribution is 5.94. The third-order valence-electron chi connectivity index (χ3n) is 5.80. The molecule has 1 aliphatic rings. The van der Waals surface area contributed by atoms with Crippen LogP contribution in [0.2, 0.25) is 0 Å². The summed E-state index contributed by atoms with van der Waals surface area (Å²) >= 11 is 0. The Morgan fingerprint density at radius 1 is 1.29 bits per heavy atom. The van der Waals surface area contributed by atoms with Gasteiger partial charge in [-0.25, -0.2) is 22.9 Å². The lowest BCUT2D eigenvalue weighted by atomic mass is 10.1. The lowest BCUT2D eigenvalue weighted by molar-refractivity contribution is -0.0221. The standard InChI is InChI=1S/C23H20F3N5O3/c1-13(28-18-5-3-2-4-15(18)22(33)34)16-10-14(24)12-31-20(16)29-19(17(11-27)21(31)32)30-8-6-23(25,26)7-9-30/h2-5,10,12-13,28H,6-9H2,1H3,(H,33,34). The summed E-state index contributed by atoms with van der Waals surface area (Å²) in [6.45, 7) is 1.44. The van der Waals surface area contributed by atoms with E-state index in [2.05, 4.69) is 10.3 Å². The zero-order valence-corrected chi connectivity index (χ0v) is 18.1. The summed E-state index contributed by atoms with van der Waals surface area (Å²) < 4.78 is 42.7. The number of fused-ring (bicyclic) bond motifs is 1. The highest BCUT2D eigenvalue weighted by atomic mass is 19.3. The number of hydrogen-bond donors (Lipinski definition) is 2. The number of halogens is 3. The summed E-state index contributed by atoms with van der Waals surface area (Å²) in [6.07, 6.45) is 0.0132. The van der Waals surface area contributed by atoms with E-state index in [0.29, 0.717) is 0 Å². The molecular formula is C23H20F3N5O3. The number of carboxylic acids is 1. The fourth-order valence-electron chi connectivity index (χ4n) is 4.02. The number of hydrogen-bond acceptors (Lipinski definition) is 6. The van der Waals surface area contributed by atoms with Crippen molar-refractivity contribution in [2.75, 3.05) is 23.3 Å². The fourth-order valence-corrected chi connectivity index (χ4v) is 4.02.